The number of nitrogens with zero attached hydrogens (tertiary/aromatic N) is 1. The van der Waals surface area contributed by atoms with Gasteiger partial charge in [0.15, 0.2) is 0 Å². The molecule has 1 amide bonds. The molecule has 112 valence electrons. The minimum Gasteiger partial charge on any atom is -0.508 e. The third-order valence-corrected chi connectivity index (χ3v) is 2.98. The zero-order valence-electron chi connectivity index (χ0n) is 11.4. The molecule has 0 spiro atoms. The Bertz CT molecular complexity index is 741. The third-order valence-electron chi connectivity index (χ3n) is 2.98. The first kappa shape index (κ1) is 15.4. The number of rotatable bonds is 4. The van der Waals surface area contributed by atoms with E-state index in [-0.39, 0.29) is 17.7 Å². The molecule has 0 heterocycles. The van der Waals surface area contributed by atoms with Crippen LogP contribution in [0.1, 0.15) is 17.2 Å². The number of nitrogens with one attached hydrogen (secondary N) is 1. The molecule has 2 aromatic carbocycles. The lowest BCUT2D eigenvalue weighted by Gasteiger charge is -2.13. The van der Waals surface area contributed by atoms with Gasteiger partial charge in [-0.2, -0.15) is 5.26 Å². The molecule has 2 rings (SSSR count). The second-order valence-electron chi connectivity index (χ2n) is 4.64. The van der Waals surface area contributed by atoms with Crippen LogP contribution < -0.4 is 5.32 Å². The zero-order chi connectivity index (χ0) is 16.1. The van der Waals surface area contributed by atoms with Gasteiger partial charge >= 0.3 is 0 Å². The third kappa shape index (κ3) is 3.79. The summed E-state index contributed by atoms with van der Waals surface area (Å²) in [5.41, 5.74) is 0.446. The van der Waals surface area contributed by atoms with Gasteiger partial charge in [-0.15, -0.1) is 0 Å². The summed E-state index contributed by atoms with van der Waals surface area (Å²) in [6.07, 6.45) is -0.0740. The molecule has 0 aliphatic rings. The summed E-state index contributed by atoms with van der Waals surface area (Å²) in [6, 6.07) is 9.44. The molecule has 2 N–H and O–H groups in total. The maximum Gasteiger partial charge on any atom is 0.225 e. The molecule has 0 aliphatic carbocycles. The van der Waals surface area contributed by atoms with Crippen molar-refractivity contribution < 1.29 is 18.7 Å². The highest BCUT2D eigenvalue weighted by molar-refractivity contribution is 5.79. The molecule has 1 atom stereocenters. The van der Waals surface area contributed by atoms with Gasteiger partial charge in [-0.3, -0.25) is 4.79 Å². The highest BCUT2D eigenvalue weighted by Gasteiger charge is 2.18. The first-order valence-electron chi connectivity index (χ1n) is 6.41. The Morgan fingerprint density at radius 3 is 2.68 bits per heavy atom. The van der Waals surface area contributed by atoms with Gasteiger partial charge in [0.2, 0.25) is 5.91 Å². The van der Waals surface area contributed by atoms with E-state index in [1.54, 1.807) is 18.2 Å². The number of hydrogen-bond acceptors (Lipinski definition) is 3. The Hall–Kier alpha value is -2.94. The van der Waals surface area contributed by atoms with Gasteiger partial charge in [0.05, 0.1) is 12.5 Å². The van der Waals surface area contributed by atoms with Gasteiger partial charge < -0.3 is 10.4 Å². The molecular weight excluding hydrogens is 290 g/mol. The second kappa shape index (κ2) is 6.68. The van der Waals surface area contributed by atoms with Crippen LogP contribution >= 0.6 is 0 Å². The van der Waals surface area contributed by atoms with Crippen LogP contribution in [0.25, 0.3) is 0 Å². The highest BCUT2D eigenvalue weighted by atomic mass is 19.1. The monoisotopic (exact) mass is 302 g/mol. The standard InChI is InChI=1S/C16H12F2N2O2/c17-11-4-5-13(14(18)8-11)15(9-19)20-16(22)7-10-2-1-3-12(21)6-10/h1-6,8,15,21H,7H2,(H,20,22). The smallest absolute Gasteiger partial charge is 0.225 e. The molecule has 0 aromatic heterocycles. The van der Waals surface area contributed by atoms with Crippen LogP contribution in [-0.4, -0.2) is 11.0 Å². The summed E-state index contributed by atoms with van der Waals surface area (Å²) in [5.74, 6) is -2.15. The van der Waals surface area contributed by atoms with Crippen molar-refractivity contribution in [1.82, 2.24) is 5.32 Å². The Labute approximate surface area is 125 Å². The van der Waals surface area contributed by atoms with E-state index < -0.39 is 23.6 Å². The number of aromatic hydroxyl groups is 1. The lowest BCUT2D eigenvalue weighted by atomic mass is 10.1. The van der Waals surface area contributed by atoms with Crippen molar-refractivity contribution in [3.63, 3.8) is 0 Å². The number of carbonyl (C=O) groups excluding carboxylic acids is 1. The van der Waals surface area contributed by atoms with E-state index >= 15 is 0 Å². The fourth-order valence-corrected chi connectivity index (χ4v) is 1.98. The molecule has 6 heteroatoms. The Morgan fingerprint density at radius 2 is 2.05 bits per heavy atom. The van der Waals surface area contributed by atoms with Crippen LogP contribution in [0.3, 0.4) is 0 Å². The fourth-order valence-electron chi connectivity index (χ4n) is 1.98. The van der Waals surface area contributed by atoms with Crippen LogP contribution in [0.15, 0.2) is 42.5 Å². The first-order chi connectivity index (χ1) is 10.5. The van der Waals surface area contributed by atoms with Crippen molar-refractivity contribution in [1.29, 1.82) is 5.26 Å². The molecule has 0 saturated carbocycles. The summed E-state index contributed by atoms with van der Waals surface area (Å²) >= 11 is 0. The molecule has 0 bridgehead atoms. The second-order valence-corrected chi connectivity index (χ2v) is 4.64. The van der Waals surface area contributed by atoms with Gasteiger partial charge in [0, 0.05) is 11.6 Å². The van der Waals surface area contributed by atoms with E-state index in [1.807, 2.05) is 0 Å². The Kier molecular flexibility index (Phi) is 4.69. The van der Waals surface area contributed by atoms with E-state index in [1.165, 1.54) is 12.1 Å². The minimum absolute atomic E-state index is 0.0201. The van der Waals surface area contributed by atoms with Gasteiger partial charge in [-0.05, 0) is 23.8 Å². The Balaban J connectivity index is 2.10. The number of amides is 1. The first-order valence-corrected chi connectivity index (χ1v) is 6.41. The van der Waals surface area contributed by atoms with Crippen LogP contribution in [0, 0.1) is 23.0 Å². The van der Waals surface area contributed by atoms with Crippen molar-refractivity contribution in [3.8, 4) is 11.8 Å². The summed E-state index contributed by atoms with van der Waals surface area (Å²) in [4.78, 5) is 11.9. The van der Waals surface area contributed by atoms with Crippen molar-refractivity contribution in [3.05, 3.63) is 65.2 Å². The summed E-state index contributed by atoms with van der Waals surface area (Å²) in [7, 11) is 0. The number of hydrogen-bond donors (Lipinski definition) is 2. The molecule has 1 unspecified atom stereocenters. The van der Waals surface area contributed by atoms with Crippen LogP contribution in [0.5, 0.6) is 5.75 Å². The maximum absolute atomic E-state index is 13.6. The summed E-state index contributed by atoms with van der Waals surface area (Å²) in [5, 5.41) is 20.8. The van der Waals surface area contributed by atoms with E-state index in [9.17, 15) is 18.7 Å². The van der Waals surface area contributed by atoms with Crippen LogP contribution in [0.2, 0.25) is 0 Å². The lowest BCUT2D eigenvalue weighted by Crippen LogP contribution is -2.29. The lowest BCUT2D eigenvalue weighted by molar-refractivity contribution is -0.120. The molecular formula is C16H12F2N2O2. The minimum atomic E-state index is -1.22. The molecule has 0 radical (unpaired) electrons. The van der Waals surface area contributed by atoms with Crippen LogP contribution in [-0.2, 0) is 11.2 Å². The largest absolute Gasteiger partial charge is 0.508 e. The SMILES string of the molecule is N#CC(NC(=O)Cc1cccc(O)c1)c1ccc(F)cc1F. The molecule has 2 aromatic rings. The molecule has 4 nitrogen and oxygen atoms in total. The predicted molar refractivity (Wildman–Crippen MR) is 74.7 cm³/mol. The number of nitriles is 1. The fraction of sp³-hybridized carbons (Fsp3) is 0.125. The topological polar surface area (TPSA) is 73.1 Å². The average Bonchev–Trinajstić information content (AvgIpc) is 2.45. The molecule has 0 saturated heterocycles. The average molecular weight is 302 g/mol. The predicted octanol–water partition coefficient (Wildman–Crippen LogP) is 2.59. The van der Waals surface area contributed by atoms with Gasteiger partial charge in [-0.25, -0.2) is 8.78 Å². The number of phenols is 1. The molecule has 22 heavy (non-hydrogen) atoms. The van der Waals surface area contributed by atoms with Crippen LogP contribution in [0.4, 0.5) is 8.78 Å². The van der Waals surface area contributed by atoms with Crippen molar-refractivity contribution in [2.24, 2.45) is 0 Å². The number of phenolic OH excluding ortho intramolecular Hbond substituents is 1. The van der Waals surface area contributed by atoms with Gasteiger partial charge in [0.1, 0.15) is 23.4 Å². The van der Waals surface area contributed by atoms with E-state index in [0.29, 0.717) is 11.6 Å². The Morgan fingerprint density at radius 1 is 1.27 bits per heavy atom. The summed E-state index contributed by atoms with van der Waals surface area (Å²) < 4.78 is 26.5. The van der Waals surface area contributed by atoms with E-state index in [0.717, 1.165) is 12.1 Å². The number of halogens is 2. The molecule has 0 fully saturated rings. The summed E-state index contributed by atoms with van der Waals surface area (Å²) in [6.45, 7) is 0. The van der Waals surface area contributed by atoms with E-state index in [4.69, 9.17) is 5.26 Å². The number of benzene rings is 2. The highest BCUT2D eigenvalue weighted by Crippen LogP contribution is 2.18. The van der Waals surface area contributed by atoms with Crippen molar-refractivity contribution in [2.75, 3.05) is 0 Å². The van der Waals surface area contributed by atoms with E-state index in [2.05, 4.69) is 5.32 Å². The molecule has 0 aliphatic heterocycles. The maximum atomic E-state index is 13.6. The quantitative estimate of drug-likeness (QED) is 0.911. The van der Waals surface area contributed by atoms with Gasteiger partial charge in [0.25, 0.3) is 0 Å². The van der Waals surface area contributed by atoms with Crippen molar-refractivity contribution in [2.45, 2.75) is 12.5 Å². The van der Waals surface area contributed by atoms with Gasteiger partial charge in [-0.1, -0.05) is 18.2 Å². The normalized spacial score (nSPS) is 11.5. The zero-order valence-corrected chi connectivity index (χ0v) is 11.4. The number of carbonyl (C=O) groups is 1. The van der Waals surface area contributed by atoms with Crippen molar-refractivity contribution >= 4 is 5.91 Å².